The molecule has 0 spiro atoms. The molecular formula is C29H22F6N6O2. The van der Waals surface area contributed by atoms with Gasteiger partial charge in [-0.25, -0.2) is 15.0 Å². The number of rotatable bonds is 4. The fourth-order valence-electron chi connectivity index (χ4n) is 4.97. The van der Waals surface area contributed by atoms with Gasteiger partial charge >= 0.3 is 12.4 Å². The number of imidazole rings is 1. The van der Waals surface area contributed by atoms with E-state index in [0.717, 1.165) is 24.9 Å². The summed E-state index contributed by atoms with van der Waals surface area (Å²) in [6, 6.07) is 6.16. The third-order valence-corrected chi connectivity index (χ3v) is 6.89. The lowest BCUT2D eigenvalue weighted by Crippen LogP contribution is -2.38. The minimum absolute atomic E-state index is 0.0167. The van der Waals surface area contributed by atoms with Crippen molar-refractivity contribution < 1.29 is 35.9 Å². The highest BCUT2D eigenvalue weighted by Gasteiger charge is 2.39. The van der Waals surface area contributed by atoms with Crippen molar-refractivity contribution in [2.24, 2.45) is 0 Å². The Kier molecular flexibility index (Phi) is 7.83. The van der Waals surface area contributed by atoms with E-state index in [-0.39, 0.29) is 34.0 Å². The number of hydrogen-bond donors (Lipinski definition) is 1. The molecule has 4 aromatic rings. The Labute approximate surface area is 240 Å². The summed E-state index contributed by atoms with van der Waals surface area (Å²) in [5.41, 5.74) is -2.33. The van der Waals surface area contributed by atoms with Gasteiger partial charge in [-0.2, -0.15) is 26.3 Å². The average molecular weight is 601 g/mol. The van der Waals surface area contributed by atoms with Gasteiger partial charge in [0.1, 0.15) is 17.2 Å². The number of benzene rings is 1. The van der Waals surface area contributed by atoms with Crippen LogP contribution in [0, 0.1) is 11.8 Å². The number of anilines is 1. The zero-order valence-electron chi connectivity index (χ0n) is 22.4. The quantitative estimate of drug-likeness (QED) is 0.224. The summed E-state index contributed by atoms with van der Waals surface area (Å²) in [5, 5.41) is 2.28. The number of likely N-dealkylation sites (tertiary alicyclic amines) is 1. The van der Waals surface area contributed by atoms with Gasteiger partial charge in [0.05, 0.1) is 17.3 Å². The third-order valence-electron chi connectivity index (χ3n) is 6.89. The van der Waals surface area contributed by atoms with Crippen LogP contribution in [0.2, 0.25) is 0 Å². The number of amides is 2. The topological polar surface area (TPSA) is 92.5 Å². The van der Waals surface area contributed by atoms with Gasteiger partial charge < -0.3 is 10.2 Å². The van der Waals surface area contributed by atoms with Crippen LogP contribution in [-0.2, 0) is 17.1 Å². The van der Waals surface area contributed by atoms with E-state index in [9.17, 15) is 35.9 Å². The number of nitrogens with zero attached hydrogens (tertiary/aromatic N) is 5. The molecule has 222 valence electrons. The van der Waals surface area contributed by atoms with Gasteiger partial charge in [0.2, 0.25) is 0 Å². The first kappa shape index (κ1) is 29.6. The molecule has 14 heteroatoms. The largest absolute Gasteiger partial charge is 0.435 e. The Bertz CT molecular complexity index is 1750. The Morgan fingerprint density at radius 2 is 1.72 bits per heavy atom. The predicted molar refractivity (Wildman–Crippen MR) is 142 cm³/mol. The number of hydrogen-bond acceptors (Lipinski definition) is 5. The highest BCUT2D eigenvalue weighted by atomic mass is 19.4. The van der Waals surface area contributed by atoms with Crippen LogP contribution in [0.3, 0.4) is 0 Å². The molecule has 3 aromatic heterocycles. The maximum atomic E-state index is 14.1. The molecule has 1 fully saturated rings. The number of carbonyl (C=O) groups is 2. The van der Waals surface area contributed by atoms with Gasteiger partial charge in [-0.05, 0) is 56.4 Å². The van der Waals surface area contributed by atoms with Gasteiger partial charge in [0.15, 0.2) is 5.69 Å². The highest BCUT2D eigenvalue weighted by molar-refractivity contribution is 6.04. The number of nitrogens with one attached hydrogen (secondary N) is 1. The molecule has 2 amide bonds. The van der Waals surface area contributed by atoms with E-state index in [1.165, 1.54) is 46.7 Å². The average Bonchev–Trinajstić information content (AvgIpc) is 3.36. The van der Waals surface area contributed by atoms with Crippen molar-refractivity contribution >= 4 is 23.1 Å². The molecule has 0 bridgehead atoms. The van der Waals surface area contributed by atoms with Gasteiger partial charge in [-0.15, -0.1) is 0 Å². The smallest absolute Gasteiger partial charge is 0.322 e. The first-order valence-electron chi connectivity index (χ1n) is 13.0. The van der Waals surface area contributed by atoms with Gasteiger partial charge in [-0.3, -0.25) is 14.0 Å². The van der Waals surface area contributed by atoms with E-state index >= 15 is 0 Å². The number of aromatic nitrogens is 4. The van der Waals surface area contributed by atoms with E-state index in [1.807, 2.05) is 0 Å². The minimum atomic E-state index is -4.83. The number of carbonyl (C=O) groups excluding carboxylic acids is 2. The van der Waals surface area contributed by atoms with Gasteiger partial charge in [0, 0.05) is 36.3 Å². The van der Waals surface area contributed by atoms with Gasteiger partial charge in [-0.1, -0.05) is 18.1 Å². The highest BCUT2D eigenvalue weighted by Crippen LogP contribution is 2.39. The molecule has 1 aliphatic heterocycles. The summed E-state index contributed by atoms with van der Waals surface area (Å²) in [7, 11) is 0. The Morgan fingerprint density at radius 1 is 0.977 bits per heavy atom. The van der Waals surface area contributed by atoms with Crippen molar-refractivity contribution in [2.75, 3.05) is 11.9 Å². The van der Waals surface area contributed by atoms with Crippen LogP contribution in [0.4, 0.5) is 32.2 Å². The zero-order valence-corrected chi connectivity index (χ0v) is 22.4. The molecule has 1 aromatic carbocycles. The van der Waals surface area contributed by atoms with Crippen LogP contribution in [0.15, 0.2) is 55.0 Å². The zero-order chi connectivity index (χ0) is 30.9. The fourth-order valence-corrected chi connectivity index (χ4v) is 4.97. The first-order chi connectivity index (χ1) is 20.4. The molecule has 1 unspecified atom stereocenters. The van der Waals surface area contributed by atoms with E-state index in [4.69, 9.17) is 0 Å². The molecule has 0 radical (unpaired) electrons. The Balaban J connectivity index is 1.54. The standard InChI is InChI=1S/C29H22F6N6O2/c1-2-5-22(42)40-14-4-3-6-20(40)26-39-23(24-25(29(33,34)35)37-13-15-41(24)26)17-7-9-18(10-8-17)27(43)38-21-16-19(11-12-36-21)28(30,31)32/h7-13,15-16,20H,3-4,6,14H2,1H3,(H,36,38,43). The molecule has 43 heavy (non-hydrogen) atoms. The van der Waals surface area contributed by atoms with E-state index in [2.05, 4.69) is 32.1 Å². The number of piperidine rings is 1. The lowest BCUT2D eigenvalue weighted by Gasteiger charge is -2.33. The summed E-state index contributed by atoms with van der Waals surface area (Å²) in [6.07, 6.45) is -4.30. The van der Waals surface area contributed by atoms with Crippen LogP contribution in [0.5, 0.6) is 0 Å². The monoisotopic (exact) mass is 600 g/mol. The van der Waals surface area contributed by atoms with Crippen LogP contribution < -0.4 is 5.32 Å². The van der Waals surface area contributed by atoms with Crippen molar-refractivity contribution in [1.29, 1.82) is 0 Å². The second-order valence-corrected chi connectivity index (χ2v) is 9.65. The number of halogens is 6. The second-order valence-electron chi connectivity index (χ2n) is 9.65. The molecule has 0 saturated carbocycles. The molecule has 1 saturated heterocycles. The molecule has 1 aliphatic rings. The molecule has 4 heterocycles. The van der Waals surface area contributed by atoms with Crippen LogP contribution in [0.1, 0.15) is 59.7 Å². The second kappa shape index (κ2) is 11.4. The molecule has 0 aliphatic carbocycles. The first-order valence-corrected chi connectivity index (χ1v) is 13.0. The third kappa shape index (κ3) is 6.01. The summed E-state index contributed by atoms with van der Waals surface area (Å²) in [5.74, 6) is 3.70. The van der Waals surface area contributed by atoms with Crippen molar-refractivity contribution in [3.05, 3.63) is 77.6 Å². The molecule has 8 nitrogen and oxygen atoms in total. The van der Waals surface area contributed by atoms with Gasteiger partial charge in [0.25, 0.3) is 11.8 Å². The molecule has 5 rings (SSSR count). The van der Waals surface area contributed by atoms with Crippen LogP contribution in [-0.4, -0.2) is 42.6 Å². The van der Waals surface area contributed by atoms with Crippen molar-refractivity contribution in [1.82, 2.24) is 24.3 Å². The fraction of sp³-hybridized carbons (Fsp3) is 0.276. The van der Waals surface area contributed by atoms with E-state index < -0.39 is 41.5 Å². The number of fused-ring (bicyclic) bond motifs is 1. The van der Waals surface area contributed by atoms with Crippen molar-refractivity contribution in [2.45, 2.75) is 44.6 Å². The number of alkyl halides is 6. The summed E-state index contributed by atoms with van der Waals surface area (Å²) < 4.78 is 82.7. The Morgan fingerprint density at radius 3 is 2.40 bits per heavy atom. The molecule has 1 N–H and O–H groups in total. The SMILES string of the molecule is CC#CC(=O)N1CCCCC1c1nc(-c2ccc(C(=O)Nc3cc(C(F)(F)F)ccn3)cc2)c2c(C(F)(F)F)nccn12. The summed E-state index contributed by atoms with van der Waals surface area (Å²) in [4.78, 5) is 38.9. The maximum Gasteiger partial charge on any atom is 0.435 e. The van der Waals surface area contributed by atoms with Crippen molar-refractivity contribution in [3.8, 4) is 23.1 Å². The van der Waals surface area contributed by atoms with Crippen LogP contribution >= 0.6 is 0 Å². The van der Waals surface area contributed by atoms with Crippen LogP contribution in [0.25, 0.3) is 16.8 Å². The lowest BCUT2D eigenvalue weighted by atomic mass is 10.0. The summed E-state index contributed by atoms with van der Waals surface area (Å²) >= 11 is 0. The summed E-state index contributed by atoms with van der Waals surface area (Å²) in [6.45, 7) is 1.88. The normalized spacial score (nSPS) is 15.6. The van der Waals surface area contributed by atoms with E-state index in [1.54, 1.807) is 0 Å². The molecular weight excluding hydrogens is 578 g/mol. The Hall–Kier alpha value is -4.93. The lowest BCUT2D eigenvalue weighted by molar-refractivity contribution is -0.140. The molecule has 1 atom stereocenters. The van der Waals surface area contributed by atoms with E-state index in [0.29, 0.717) is 25.5 Å². The minimum Gasteiger partial charge on any atom is -0.322 e. The predicted octanol–water partition coefficient (Wildman–Crippen LogP) is 6.16. The van der Waals surface area contributed by atoms with Crippen molar-refractivity contribution in [3.63, 3.8) is 0 Å². The maximum absolute atomic E-state index is 14.1. The number of pyridine rings is 1.